The minimum Gasteiger partial charge on any atom is -0.381 e. The first-order valence-electron chi connectivity index (χ1n) is 6.20. The van der Waals surface area contributed by atoms with Crippen molar-refractivity contribution in [2.45, 2.75) is 52.4 Å². The molecule has 0 saturated heterocycles. The number of hydrogen-bond acceptors (Lipinski definition) is 2. The van der Waals surface area contributed by atoms with Gasteiger partial charge >= 0.3 is 0 Å². The molecule has 0 aromatic heterocycles. The van der Waals surface area contributed by atoms with Crippen molar-refractivity contribution in [2.75, 3.05) is 26.3 Å². The standard InChI is InChI=1S/C12H27NO/c1-3-5-6-8-11-14-12-9-7-10-13-4-2/h13H,3-12H2,1-2H3. The molecule has 0 aliphatic heterocycles. The quantitative estimate of drug-likeness (QED) is 0.519. The van der Waals surface area contributed by atoms with Crippen molar-refractivity contribution >= 4 is 0 Å². The van der Waals surface area contributed by atoms with Crippen LogP contribution in [-0.2, 0) is 4.74 Å². The molecule has 0 aliphatic carbocycles. The van der Waals surface area contributed by atoms with Gasteiger partial charge in [0.15, 0.2) is 0 Å². The Morgan fingerprint density at radius 2 is 1.57 bits per heavy atom. The molecule has 0 heterocycles. The van der Waals surface area contributed by atoms with Crippen molar-refractivity contribution in [3.63, 3.8) is 0 Å². The summed E-state index contributed by atoms with van der Waals surface area (Å²) >= 11 is 0. The first-order valence-corrected chi connectivity index (χ1v) is 6.20. The van der Waals surface area contributed by atoms with Gasteiger partial charge in [-0.3, -0.25) is 0 Å². The summed E-state index contributed by atoms with van der Waals surface area (Å²) in [6.45, 7) is 8.50. The average molecular weight is 201 g/mol. The molecular formula is C12H27NO. The van der Waals surface area contributed by atoms with Crippen LogP contribution in [-0.4, -0.2) is 26.3 Å². The van der Waals surface area contributed by atoms with E-state index >= 15 is 0 Å². The summed E-state index contributed by atoms with van der Waals surface area (Å²) in [6, 6.07) is 0. The van der Waals surface area contributed by atoms with Crippen LogP contribution in [0.2, 0.25) is 0 Å². The van der Waals surface area contributed by atoms with Gasteiger partial charge in [-0.25, -0.2) is 0 Å². The highest BCUT2D eigenvalue weighted by molar-refractivity contribution is 4.45. The number of unbranched alkanes of at least 4 members (excludes halogenated alkanes) is 4. The topological polar surface area (TPSA) is 21.3 Å². The van der Waals surface area contributed by atoms with Gasteiger partial charge in [-0.05, 0) is 32.4 Å². The van der Waals surface area contributed by atoms with E-state index in [0.29, 0.717) is 0 Å². The molecule has 0 aliphatic rings. The van der Waals surface area contributed by atoms with Gasteiger partial charge in [0.05, 0.1) is 0 Å². The van der Waals surface area contributed by atoms with E-state index in [2.05, 4.69) is 19.2 Å². The summed E-state index contributed by atoms with van der Waals surface area (Å²) < 4.78 is 5.53. The van der Waals surface area contributed by atoms with E-state index in [4.69, 9.17) is 4.74 Å². The summed E-state index contributed by atoms with van der Waals surface area (Å²) in [6.07, 6.45) is 7.66. The maximum Gasteiger partial charge on any atom is 0.0466 e. The van der Waals surface area contributed by atoms with Gasteiger partial charge in [0.25, 0.3) is 0 Å². The summed E-state index contributed by atoms with van der Waals surface area (Å²) in [4.78, 5) is 0. The smallest absolute Gasteiger partial charge is 0.0466 e. The largest absolute Gasteiger partial charge is 0.381 e. The Morgan fingerprint density at radius 3 is 2.21 bits per heavy atom. The molecule has 0 aromatic carbocycles. The molecule has 0 bridgehead atoms. The van der Waals surface area contributed by atoms with Gasteiger partial charge in [0, 0.05) is 13.2 Å². The highest BCUT2D eigenvalue weighted by Gasteiger charge is 1.90. The zero-order valence-corrected chi connectivity index (χ0v) is 9.98. The predicted molar refractivity (Wildman–Crippen MR) is 62.7 cm³/mol. The van der Waals surface area contributed by atoms with E-state index in [1.165, 1.54) is 38.5 Å². The van der Waals surface area contributed by atoms with Crippen molar-refractivity contribution in [2.24, 2.45) is 0 Å². The van der Waals surface area contributed by atoms with Crippen molar-refractivity contribution in [3.8, 4) is 0 Å². The molecule has 2 heteroatoms. The van der Waals surface area contributed by atoms with Gasteiger partial charge in [-0.15, -0.1) is 0 Å². The summed E-state index contributed by atoms with van der Waals surface area (Å²) in [5.41, 5.74) is 0. The third-order valence-electron chi connectivity index (χ3n) is 2.28. The Morgan fingerprint density at radius 1 is 0.857 bits per heavy atom. The van der Waals surface area contributed by atoms with Crippen LogP contribution in [0.3, 0.4) is 0 Å². The van der Waals surface area contributed by atoms with Gasteiger partial charge in [-0.2, -0.15) is 0 Å². The third kappa shape index (κ3) is 11.9. The Hall–Kier alpha value is -0.0800. The highest BCUT2D eigenvalue weighted by atomic mass is 16.5. The molecule has 2 nitrogen and oxygen atoms in total. The van der Waals surface area contributed by atoms with E-state index in [9.17, 15) is 0 Å². The minimum atomic E-state index is 0.942. The van der Waals surface area contributed by atoms with E-state index in [-0.39, 0.29) is 0 Å². The molecule has 0 amide bonds. The summed E-state index contributed by atoms with van der Waals surface area (Å²) in [7, 11) is 0. The van der Waals surface area contributed by atoms with Crippen molar-refractivity contribution < 1.29 is 4.74 Å². The molecule has 0 saturated carbocycles. The fourth-order valence-electron chi connectivity index (χ4n) is 1.36. The second-order valence-corrected chi connectivity index (χ2v) is 3.73. The molecule has 0 spiro atoms. The summed E-state index contributed by atoms with van der Waals surface area (Å²) in [5, 5.41) is 3.31. The second kappa shape index (κ2) is 12.9. The van der Waals surface area contributed by atoms with Crippen LogP contribution >= 0.6 is 0 Å². The van der Waals surface area contributed by atoms with Gasteiger partial charge in [0.2, 0.25) is 0 Å². The minimum absolute atomic E-state index is 0.942. The SMILES string of the molecule is CCCCCCOCCCCNCC. The van der Waals surface area contributed by atoms with E-state index < -0.39 is 0 Å². The molecule has 0 atom stereocenters. The number of hydrogen-bond donors (Lipinski definition) is 1. The molecule has 0 radical (unpaired) electrons. The normalized spacial score (nSPS) is 10.7. The second-order valence-electron chi connectivity index (χ2n) is 3.73. The lowest BCUT2D eigenvalue weighted by atomic mass is 10.2. The maximum absolute atomic E-state index is 5.53. The van der Waals surface area contributed by atoms with Crippen LogP contribution in [0.15, 0.2) is 0 Å². The number of ether oxygens (including phenoxy) is 1. The van der Waals surface area contributed by atoms with Crippen LogP contribution in [0, 0.1) is 0 Å². The molecule has 14 heavy (non-hydrogen) atoms. The molecule has 1 N–H and O–H groups in total. The summed E-state index contributed by atoms with van der Waals surface area (Å²) in [5.74, 6) is 0. The molecule has 86 valence electrons. The zero-order valence-electron chi connectivity index (χ0n) is 9.98. The molecular weight excluding hydrogens is 174 g/mol. The van der Waals surface area contributed by atoms with E-state index in [1.54, 1.807) is 0 Å². The Balaban J connectivity index is 2.78. The van der Waals surface area contributed by atoms with Crippen LogP contribution in [0.5, 0.6) is 0 Å². The lowest BCUT2D eigenvalue weighted by molar-refractivity contribution is 0.126. The predicted octanol–water partition coefficient (Wildman–Crippen LogP) is 2.97. The van der Waals surface area contributed by atoms with Gasteiger partial charge in [-0.1, -0.05) is 33.1 Å². The molecule has 0 unspecified atom stereocenters. The Bertz CT molecular complexity index is 84.3. The van der Waals surface area contributed by atoms with Crippen LogP contribution in [0.1, 0.15) is 52.4 Å². The lowest BCUT2D eigenvalue weighted by Crippen LogP contribution is -2.14. The van der Waals surface area contributed by atoms with E-state index in [0.717, 1.165) is 26.3 Å². The van der Waals surface area contributed by atoms with Gasteiger partial charge in [0.1, 0.15) is 0 Å². The lowest BCUT2D eigenvalue weighted by Gasteiger charge is -2.04. The van der Waals surface area contributed by atoms with Gasteiger partial charge < -0.3 is 10.1 Å². The molecule has 0 fully saturated rings. The van der Waals surface area contributed by atoms with Crippen molar-refractivity contribution in [1.29, 1.82) is 0 Å². The third-order valence-corrected chi connectivity index (χ3v) is 2.28. The zero-order chi connectivity index (χ0) is 10.5. The Kier molecular flexibility index (Phi) is 12.8. The molecule has 0 aromatic rings. The highest BCUT2D eigenvalue weighted by Crippen LogP contribution is 1.99. The van der Waals surface area contributed by atoms with Crippen molar-refractivity contribution in [1.82, 2.24) is 5.32 Å². The monoisotopic (exact) mass is 201 g/mol. The maximum atomic E-state index is 5.53. The van der Waals surface area contributed by atoms with Crippen LogP contribution < -0.4 is 5.32 Å². The molecule has 0 rings (SSSR count). The number of nitrogens with one attached hydrogen (secondary N) is 1. The Labute approximate surface area is 89.4 Å². The van der Waals surface area contributed by atoms with Crippen molar-refractivity contribution in [3.05, 3.63) is 0 Å². The first kappa shape index (κ1) is 13.9. The fourth-order valence-corrected chi connectivity index (χ4v) is 1.36. The van der Waals surface area contributed by atoms with Crippen LogP contribution in [0.4, 0.5) is 0 Å². The fraction of sp³-hybridized carbons (Fsp3) is 1.00. The number of rotatable bonds is 11. The first-order chi connectivity index (χ1) is 6.91. The van der Waals surface area contributed by atoms with Crippen LogP contribution in [0.25, 0.3) is 0 Å². The average Bonchev–Trinajstić information content (AvgIpc) is 2.21. The van der Waals surface area contributed by atoms with E-state index in [1.807, 2.05) is 0 Å².